The van der Waals surface area contributed by atoms with Gasteiger partial charge < -0.3 is 15.5 Å². The van der Waals surface area contributed by atoms with Crippen molar-refractivity contribution in [1.82, 2.24) is 10.2 Å². The lowest BCUT2D eigenvalue weighted by Crippen LogP contribution is -2.45. The summed E-state index contributed by atoms with van der Waals surface area (Å²) in [4.78, 5) is 23.8. The first-order valence-electron chi connectivity index (χ1n) is 5.19. The Kier molecular flexibility index (Phi) is 4.01. The molecular formula is C10H18N2O4. The number of nitrogens with one attached hydrogen (secondary N) is 1. The highest BCUT2D eigenvalue weighted by Crippen LogP contribution is 2.15. The molecule has 1 fully saturated rings. The van der Waals surface area contributed by atoms with Gasteiger partial charge in [0.05, 0.1) is 25.7 Å². The third-order valence-corrected chi connectivity index (χ3v) is 2.92. The van der Waals surface area contributed by atoms with Crippen molar-refractivity contribution in [3.05, 3.63) is 0 Å². The van der Waals surface area contributed by atoms with Crippen molar-refractivity contribution >= 4 is 11.8 Å². The van der Waals surface area contributed by atoms with Crippen LogP contribution < -0.4 is 5.32 Å². The molecule has 1 aliphatic heterocycles. The molecule has 6 nitrogen and oxygen atoms in total. The van der Waals surface area contributed by atoms with Gasteiger partial charge in [-0.15, -0.1) is 0 Å². The van der Waals surface area contributed by atoms with Crippen LogP contribution in [0.15, 0.2) is 0 Å². The quantitative estimate of drug-likeness (QED) is 0.491. The molecule has 1 heterocycles. The number of likely N-dealkylation sites (N-methyl/N-ethyl adjacent to an activating group) is 1. The molecule has 2 amide bonds. The molecule has 0 bridgehead atoms. The fourth-order valence-electron chi connectivity index (χ4n) is 1.45. The first-order chi connectivity index (χ1) is 7.43. The zero-order valence-corrected chi connectivity index (χ0v) is 9.56. The summed E-state index contributed by atoms with van der Waals surface area (Å²) in [5.74, 6) is -0.472. The minimum absolute atomic E-state index is 0.141. The lowest BCUT2D eigenvalue weighted by molar-refractivity contribution is -0.137. The zero-order chi connectivity index (χ0) is 12.3. The van der Waals surface area contributed by atoms with Crippen LogP contribution in [0.4, 0.5) is 0 Å². The summed E-state index contributed by atoms with van der Waals surface area (Å²) in [5.41, 5.74) is -0.676. The van der Waals surface area contributed by atoms with E-state index in [1.165, 1.54) is 7.05 Å². The average Bonchev–Trinajstić information content (AvgIpc) is 2.54. The molecule has 0 aromatic rings. The average molecular weight is 230 g/mol. The van der Waals surface area contributed by atoms with Crippen LogP contribution in [0.2, 0.25) is 0 Å². The maximum Gasteiger partial charge on any atom is 0.246 e. The number of hydrogen-bond acceptors (Lipinski definition) is 5. The molecule has 0 radical (unpaired) electrons. The van der Waals surface area contributed by atoms with Gasteiger partial charge in [-0.25, -0.2) is 0 Å². The van der Waals surface area contributed by atoms with Crippen molar-refractivity contribution in [3.8, 4) is 0 Å². The second kappa shape index (κ2) is 4.90. The summed E-state index contributed by atoms with van der Waals surface area (Å²) in [6.45, 7) is 1.63. The molecule has 3 N–H and O–H groups in total. The summed E-state index contributed by atoms with van der Waals surface area (Å²) in [5, 5.41) is 21.0. The number of amides is 2. The van der Waals surface area contributed by atoms with Gasteiger partial charge in [0.1, 0.15) is 0 Å². The van der Waals surface area contributed by atoms with E-state index >= 15 is 0 Å². The van der Waals surface area contributed by atoms with Gasteiger partial charge in [-0.2, -0.15) is 0 Å². The van der Waals surface area contributed by atoms with Gasteiger partial charge >= 0.3 is 0 Å². The number of hydrogen-bond donors (Lipinski definition) is 3. The van der Waals surface area contributed by atoms with E-state index < -0.39 is 11.5 Å². The predicted octanol–water partition coefficient (Wildman–Crippen LogP) is -1.68. The van der Waals surface area contributed by atoms with Crippen molar-refractivity contribution < 1.29 is 19.8 Å². The number of carbonyl (C=O) groups excluding carboxylic acids is 2. The molecule has 0 saturated carbocycles. The summed E-state index contributed by atoms with van der Waals surface area (Å²) < 4.78 is 0. The molecule has 1 atom stereocenters. The van der Waals surface area contributed by atoms with Gasteiger partial charge in [0.15, 0.2) is 0 Å². The van der Waals surface area contributed by atoms with Gasteiger partial charge in [0.25, 0.3) is 0 Å². The van der Waals surface area contributed by atoms with Crippen LogP contribution >= 0.6 is 0 Å². The fourth-order valence-corrected chi connectivity index (χ4v) is 1.45. The van der Waals surface area contributed by atoms with E-state index in [0.717, 1.165) is 4.90 Å². The van der Waals surface area contributed by atoms with Gasteiger partial charge in [-0.05, 0) is 0 Å². The lowest BCUT2D eigenvalue weighted by Gasteiger charge is -2.26. The highest BCUT2D eigenvalue weighted by Gasteiger charge is 2.36. The largest absolute Gasteiger partial charge is 0.396 e. The maximum atomic E-state index is 11.5. The number of imide groups is 1. The molecule has 0 aromatic carbocycles. The zero-order valence-electron chi connectivity index (χ0n) is 9.56. The second-order valence-electron chi connectivity index (χ2n) is 4.56. The molecule has 0 spiro atoms. The Morgan fingerprint density at radius 3 is 2.38 bits per heavy atom. The van der Waals surface area contributed by atoms with Crippen molar-refractivity contribution in [2.24, 2.45) is 5.41 Å². The summed E-state index contributed by atoms with van der Waals surface area (Å²) in [6, 6.07) is -0.532. The Morgan fingerprint density at radius 1 is 1.44 bits per heavy atom. The van der Waals surface area contributed by atoms with E-state index in [2.05, 4.69) is 5.32 Å². The molecule has 16 heavy (non-hydrogen) atoms. The predicted molar refractivity (Wildman–Crippen MR) is 56.5 cm³/mol. The molecule has 1 aliphatic rings. The minimum atomic E-state index is -0.676. The van der Waals surface area contributed by atoms with E-state index in [-0.39, 0.29) is 38.0 Å². The van der Waals surface area contributed by atoms with E-state index in [4.69, 9.17) is 10.2 Å². The highest BCUT2D eigenvalue weighted by atomic mass is 16.3. The minimum Gasteiger partial charge on any atom is -0.396 e. The van der Waals surface area contributed by atoms with Crippen LogP contribution in [0.25, 0.3) is 0 Å². The third kappa shape index (κ3) is 2.58. The Balaban J connectivity index is 2.51. The first-order valence-corrected chi connectivity index (χ1v) is 5.19. The van der Waals surface area contributed by atoms with E-state index in [9.17, 15) is 9.59 Å². The molecule has 6 heteroatoms. The molecule has 0 aliphatic carbocycles. The summed E-state index contributed by atoms with van der Waals surface area (Å²) >= 11 is 0. The number of rotatable bonds is 5. The van der Waals surface area contributed by atoms with E-state index in [1.807, 2.05) is 0 Å². The standard InChI is InChI=1S/C10H18N2O4/c1-10(5-13,6-14)4-11-7-3-8(15)12(2)9(7)16/h7,11,13-14H,3-6H2,1-2H3. The molecule has 92 valence electrons. The summed E-state index contributed by atoms with van der Waals surface area (Å²) in [6.07, 6.45) is 0.141. The number of aliphatic hydroxyl groups excluding tert-OH is 2. The van der Waals surface area contributed by atoms with Crippen molar-refractivity contribution in [2.75, 3.05) is 26.8 Å². The van der Waals surface area contributed by atoms with Crippen LogP contribution in [0, 0.1) is 5.41 Å². The smallest absolute Gasteiger partial charge is 0.246 e. The normalized spacial score (nSPS) is 22.0. The molecular weight excluding hydrogens is 212 g/mol. The Bertz CT molecular complexity index is 289. The number of carbonyl (C=O) groups is 2. The fraction of sp³-hybridized carbons (Fsp3) is 0.800. The monoisotopic (exact) mass is 230 g/mol. The van der Waals surface area contributed by atoms with Crippen LogP contribution in [-0.4, -0.2) is 59.8 Å². The van der Waals surface area contributed by atoms with E-state index in [0.29, 0.717) is 0 Å². The Hall–Kier alpha value is -0.980. The van der Waals surface area contributed by atoms with Crippen LogP contribution in [0.3, 0.4) is 0 Å². The van der Waals surface area contributed by atoms with Crippen molar-refractivity contribution in [3.63, 3.8) is 0 Å². The lowest BCUT2D eigenvalue weighted by atomic mass is 9.92. The first kappa shape index (κ1) is 13.1. The van der Waals surface area contributed by atoms with E-state index in [1.54, 1.807) is 6.92 Å². The molecule has 1 saturated heterocycles. The van der Waals surface area contributed by atoms with Crippen molar-refractivity contribution in [2.45, 2.75) is 19.4 Å². The topological polar surface area (TPSA) is 89.9 Å². The van der Waals surface area contributed by atoms with Gasteiger partial charge in [-0.3, -0.25) is 14.5 Å². The molecule has 1 rings (SSSR count). The highest BCUT2D eigenvalue weighted by molar-refractivity contribution is 6.05. The van der Waals surface area contributed by atoms with Gasteiger partial charge in [-0.1, -0.05) is 6.92 Å². The maximum absolute atomic E-state index is 11.5. The summed E-state index contributed by atoms with van der Waals surface area (Å²) in [7, 11) is 1.45. The van der Waals surface area contributed by atoms with Crippen LogP contribution in [0.5, 0.6) is 0 Å². The number of nitrogens with zero attached hydrogens (tertiary/aromatic N) is 1. The van der Waals surface area contributed by atoms with Gasteiger partial charge in [0, 0.05) is 19.0 Å². The SMILES string of the molecule is CN1C(=O)CC(NCC(C)(CO)CO)C1=O. The van der Waals surface area contributed by atoms with Crippen molar-refractivity contribution in [1.29, 1.82) is 0 Å². The number of likely N-dealkylation sites (tertiary alicyclic amines) is 1. The number of aliphatic hydroxyl groups is 2. The van der Waals surface area contributed by atoms with Crippen LogP contribution in [-0.2, 0) is 9.59 Å². The molecule has 0 aromatic heterocycles. The Labute approximate surface area is 94.2 Å². The third-order valence-electron chi connectivity index (χ3n) is 2.92. The van der Waals surface area contributed by atoms with Gasteiger partial charge in [0.2, 0.25) is 11.8 Å². The molecule has 1 unspecified atom stereocenters. The van der Waals surface area contributed by atoms with Crippen LogP contribution in [0.1, 0.15) is 13.3 Å². The Morgan fingerprint density at radius 2 is 2.00 bits per heavy atom. The second-order valence-corrected chi connectivity index (χ2v) is 4.56.